The Morgan fingerprint density at radius 3 is 2.59 bits per heavy atom. The third kappa shape index (κ3) is 2.40. The minimum Gasteiger partial charge on any atom is -0.479 e. The number of nitrogens with one attached hydrogen (secondary N) is 1. The monoisotopic (exact) mass is 328 g/mol. The van der Waals surface area contributed by atoms with Gasteiger partial charge in [-0.3, -0.25) is 4.79 Å². The molecule has 0 aliphatic heterocycles. The first-order chi connectivity index (χ1) is 10.2. The van der Waals surface area contributed by atoms with Crippen molar-refractivity contribution >= 4 is 23.5 Å². The predicted molar refractivity (Wildman–Crippen MR) is 82.1 cm³/mol. The minimum atomic E-state index is -1.35. The number of aromatic nitrogens is 1. The van der Waals surface area contributed by atoms with Crippen molar-refractivity contribution in [3.05, 3.63) is 23.0 Å². The highest BCUT2D eigenvalue weighted by Crippen LogP contribution is 2.51. The van der Waals surface area contributed by atoms with Crippen LogP contribution in [-0.4, -0.2) is 39.8 Å². The van der Waals surface area contributed by atoms with Gasteiger partial charge in [0.2, 0.25) is 0 Å². The maximum atomic E-state index is 12.4. The highest BCUT2D eigenvalue weighted by Gasteiger charge is 2.66. The largest absolute Gasteiger partial charge is 0.479 e. The van der Waals surface area contributed by atoms with Crippen LogP contribution in [0.2, 0.25) is 5.02 Å². The molecule has 2 atom stereocenters. The van der Waals surface area contributed by atoms with Crippen LogP contribution in [0.25, 0.3) is 0 Å². The minimum absolute atomic E-state index is 0.203. The van der Waals surface area contributed by atoms with Crippen LogP contribution in [-0.2, 0) is 16.6 Å². The number of ether oxygens (including phenoxy) is 1. The summed E-state index contributed by atoms with van der Waals surface area (Å²) in [5, 5.41) is 12.8. The number of carbonyl (C=O) groups excluding carboxylic acids is 1. The van der Waals surface area contributed by atoms with Gasteiger partial charge in [-0.25, -0.2) is 4.79 Å². The molecule has 1 fully saturated rings. The molecule has 22 heavy (non-hydrogen) atoms. The predicted octanol–water partition coefficient (Wildman–Crippen LogP) is 2.07. The summed E-state index contributed by atoms with van der Waals surface area (Å²) < 4.78 is 7.14. The first-order valence-electron chi connectivity index (χ1n) is 7.15. The van der Waals surface area contributed by atoms with Crippen molar-refractivity contribution in [2.45, 2.75) is 38.8 Å². The number of rotatable bonds is 5. The van der Waals surface area contributed by atoms with Gasteiger partial charge in [-0.15, -0.1) is 0 Å². The van der Waals surface area contributed by atoms with Crippen molar-refractivity contribution < 1.29 is 19.4 Å². The van der Waals surface area contributed by atoms with Crippen LogP contribution in [0.4, 0.5) is 0 Å². The van der Waals surface area contributed by atoms with E-state index >= 15 is 0 Å². The third-order valence-electron chi connectivity index (χ3n) is 4.66. The molecule has 0 aromatic carbocycles. The zero-order valence-electron chi connectivity index (χ0n) is 13.1. The first kappa shape index (κ1) is 16.8. The standard InChI is InChI=1S/C15H21ClN2O4/c1-5-22-11-7-15(13(20)21,14(11,2)3)17-12(19)10-6-9(16)8-18(10)4/h6,8,11H,5,7H2,1-4H3,(H,17,19)(H,20,21)/t11-,15-/m0/s1. The number of hydrogen-bond donors (Lipinski definition) is 2. The molecule has 2 N–H and O–H groups in total. The Hall–Kier alpha value is -1.53. The van der Waals surface area contributed by atoms with Gasteiger partial charge in [-0.1, -0.05) is 25.4 Å². The number of carboxylic acids is 1. The number of carboxylic acid groups (broad SMARTS) is 1. The average molecular weight is 329 g/mol. The quantitative estimate of drug-likeness (QED) is 0.867. The lowest BCUT2D eigenvalue weighted by Gasteiger charge is -2.58. The highest BCUT2D eigenvalue weighted by atomic mass is 35.5. The van der Waals surface area contributed by atoms with E-state index in [1.54, 1.807) is 31.7 Å². The van der Waals surface area contributed by atoms with Crippen molar-refractivity contribution in [2.75, 3.05) is 6.61 Å². The van der Waals surface area contributed by atoms with Gasteiger partial charge in [-0.2, -0.15) is 0 Å². The van der Waals surface area contributed by atoms with Gasteiger partial charge in [0.25, 0.3) is 5.91 Å². The number of carbonyl (C=O) groups is 2. The maximum absolute atomic E-state index is 12.4. The van der Waals surface area contributed by atoms with Crippen LogP contribution >= 0.6 is 11.6 Å². The molecule has 0 saturated heterocycles. The molecule has 1 amide bonds. The fourth-order valence-corrected chi connectivity index (χ4v) is 3.29. The number of aliphatic carboxylic acids is 1. The van der Waals surface area contributed by atoms with E-state index in [0.717, 1.165) is 0 Å². The number of nitrogens with zero attached hydrogens (tertiary/aromatic N) is 1. The molecule has 0 radical (unpaired) electrons. The SMILES string of the molecule is CCO[C@H]1C[C@](NC(=O)c2cc(Cl)cn2C)(C(=O)O)C1(C)C. The van der Waals surface area contributed by atoms with Gasteiger partial charge < -0.3 is 19.7 Å². The lowest BCUT2D eigenvalue weighted by atomic mass is 9.54. The lowest BCUT2D eigenvalue weighted by Crippen LogP contribution is -2.76. The molecule has 2 rings (SSSR count). The fourth-order valence-electron chi connectivity index (χ4n) is 3.04. The van der Waals surface area contributed by atoms with E-state index in [1.807, 2.05) is 6.92 Å². The molecule has 7 heteroatoms. The summed E-state index contributed by atoms with van der Waals surface area (Å²) >= 11 is 5.87. The Bertz CT molecular complexity index is 611. The van der Waals surface area contributed by atoms with E-state index in [1.165, 1.54) is 6.07 Å². The zero-order chi connectivity index (χ0) is 16.7. The molecule has 1 aromatic rings. The topological polar surface area (TPSA) is 80.6 Å². The molecule has 1 saturated carbocycles. The summed E-state index contributed by atoms with van der Waals surface area (Å²) in [5.74, 6) is -1.51. The molecule has 1 aromatic heterocycles. The van der Waals surface area contributed by atoms with E-state index in [-0.39, 0.29) is 12.5 Å². The van der Waals surface area contributed by atoms with E-state index in [0.29, 0.717) is 17.3 Å². The average Bonchev–Trinajstić information content (AvgIpc) is 2.75. The van der Waals surface area contributed by atoms with Crippen LogP contribution in [0.5, 0.6) is 0 Å². The normalized spacial score (nSPS) is 26.3. The molecule has 0 spiro atoms. The van der Waals surface area contributed by atoms with Crippen LogP contribution in [0.3, 0.4) is 0 Å². The van der Waals surface area contributed by atoms with Crippen molar-refractivity contribution in [3.8, 4) is 0 Å². The molecule has 1 aliphatic rings. The van der Waals surface area contributed by atoms with E-state index < -0.39 is 22.8 Å². The van der Waals surface area contributed by atoms with E-state index in [9.17, 15) is 14.7 Å². The van der Waals surface area contributed by atoms with Crippen molar-refractivity contribution in [3.63, 3.8) is 0 Å². The van der Waals surface area contributed by atoms with Gasteiger partial charge in [-0.05, 0) is 13.0 Å². The van der Waals surface area contributed by atoms with E-state index in [4.69, 9.17) is 16.3 Å². The van der Waals surface area contributed by atoms with Crippen LogP contribution in [0.15, 0.2) is 12.3 Å². The molecule has 0 unspecified atom stereocenters. The summed E-state index contributed by atoms with van der Waals surface area (Å²) in [6.45, 7) is 5.96. The van der Waals surface area contributed by atoms with Gasteiger partial charge in [0.15, 0.2) is 0 Å². The van der Waals surface area contributed by atoms with Crippen molar-refractivity contribution in [1.29, 1.82) is 0 Å². The van der Waals surface area contributed by atoms with Gasteiger partial charge >= 0.3 is 5.97 Å². The number of aryl methyl sites for hydroxylation is 1. The Kier molecular flexibility index (Phi) is 4.28. The Labute approximate surface area is 134 Å². The molecule has 122 valence electrons. The van der Waals surface area contributed by atoms with Gasteiger partial charge in [0.1, 0.15) is 11.2 Å². The van der Waals surface area contributed by atoms with Crippen LogP contribution in [0, 0.1) is 5.41 Å². The van der Waals surface area contributed by atoms with Gasteiger partial charge in [0.05, 0.1) is 11.1 Å². The lowest BCUT2D eigenvalue weighted by molar-refractivity contribution is -0.190. The summed E-state index contributed by atoms with van der Waals surface area (Å²) in [4.78, 5) is 24.3. The number of amides is 1. The summed E-state index contributed by atoms with van der Waals surface area (Å²) in [6, 6.07) is 1.51. The number of hydrogen-bond acceptors (Lipinski definition) is 3. The zero-order valence-corrected chi connectivity index (χ0v) is 13.9. The maximum Gasteiger partial charge on any atom is 0.330 e. The molecule has 6 nitrogen and oxygen atoms in total. The van der Waals surface area contributed by atoms with Crippen molar-refractivity contribution in [2.24, 2.45) is 12.5 Å². The Morgan fingerprint density at radius 1 is 1.55 bits per heavy atom. The molecular formula is C15H21ClN2O4. The second-order valence-corrected chi connectivity index (χ2v) is 6.63. The van der Waals surface area contributed by atoms with Gasteiger partial charge in [0, 0.05) is 31.7 Å². The second kappa shape index (κ2) is 5.59. The van der Waals surface area contributed by atoms with Crippen LogP contribution < -0.4 is 5.32 Å². The Balaban J connectivity index is 2.26. The molecule has 1 aliphatic carbocycles. The first-order valence-corrected chi connectivity index (χ1v) is 7.53. The molecule has 1 heterocycles. The third-order valence-corrected chi connectivity index (χ3v) is 4.87. The number of halogens is 1. The smallest absolute Gasteiger partial charge is 0.330 e. The summed E-state index contributed by atoms with van der Waals surface area (Å²) in [5.41, 5.74) is -1.73. The van der Waals surface area contributed by atoms with Crippen LogP contribution in [0.1, 0.15) is 37.7 Å². The fraction of sp³-hybridized carbons (Fsp3) is 0.600. The summed E-state index contributed by atoms with van der Waals surface area (Å²) in [7, 11) is 1.68. The molecule has 0 bridgehead atoms. The Morgan fingerprint density at radius 2 is 2.18 bits per heavy atom. The second-order valence-electron chi connectivity index (χ2n) is 6.19. The van der Waals surface area contributed by atoms with Crippen molar-refractivity contribution in [1.82, 2.24) is 9.88 Å². The van der Waals surface area contributed by atoms with E-state index in [2.05, 4.69) is 5.32 Å². The molecular weight excluding hydrogens is 308 g/mol. The summed E-state index contributed by atoms with van der Waals surface area (Å²) in [6.07, 6.45) is 1.64. The highest BCUT2D eigenvalue weighted by molar-refractivity contribution is 6.31.